The van der Waals surface area contributed by atoms with E-state index in [0.29, 0.717) is 11.1 Å². The van der Waals surface area contributed by atoms with Crippen LogP contribution in [0.25, 0.3) is 0 Å². The van der Waals surface area contributed by atoms with Gasteiger partial charge in [0.05, 0.1) is 0 Å². The third kappa shape index (κ3) is 5.79. The van der Waals surface area contributed by atoms with Crippen molar-refractivity contribution in [1.82, 2.24) is 5.32 Å². The highest BCUT2D eigenvalue weighted by Crippen LogP contribution is 2.24. The summed E-state index contributed by atoms with van der Waals surface area (Å²) < 4.78 is 42.0. The van der Waals surface area contributed by atoms with Crippen molar-refractivity contribution in [3.05, 3.63) is 65.2 Å². The molecule has 0 saturated carbocycles. The molecule has 0 aromatic heterocycles. The smallest absolute Gasteiger partial charge is 0.422 e. The van der Waals surface area contributed by atoms with Gasteiger partial charge >= 0.3 is 6.18 Å². The van der Waals surface area contributed by atoms with Gasteiger partial charge in [0.2, 0.25) is 5.91 Å². The Hall–Kier alpha value is -2.54. The SMILES string of the molecule is Cc1ccc(CNC(=O)C(N)c2ccccc2)c(OCC(F)(F)F)c1. The largest absolute Gasteiger partial charge is 0.484 e. The van der Waals surface area contributed by atoms with Crippen molar-refractivity contribution >= 4 is 5.91 Å². The number of ether oxygens (including phenoxy) is 1. The summed E-state index contributed by atoms with van der Waals surface area (Å²) in [5.41, 5.74) is 7.74. The Morgan fingerprint density at radius 1 is 1.20 bits per heavy atom. The van der Waals surface area contributed by atoms with E-state index in [9.17, 15) is 18.0 Å². The number of carbonyl (C=O) groups excluding carboxylic acids is 1. The Morgan fingerprint density at radius 2 is 1.88 bits per heavy atom. The van der Waals surface area contributed by atoms with Crippen LogP contribution in [0, 0.1) is 6.92 Å². The second-order valence-corrected chi connectivity index (χ2v) is 5.62. The Morgan fingerprint density at radius 3 is 2.52 bits per heavy atom. The van der Waals surface area contributed by atoms with E-state index >= 15 is 0 Å². The van der Waals surface area contributed by atoms with Crippen molar-refractivity contribution in [2.75, 3.05) is 6.61 Å². The summed E-state index contributed by atoms with van der Waals surface area (Å²) in [7, 11) is 0. The summed E-state index contributed by atoms with van der Waals surface area (Å²) in [6.07, 6.45) is -4.43. The lowest BCUT2D eigenvalue weighted by molar-refractivity contribution is -0.153. The van der Waals surface area contributed by atoms with E-state index in [1.807, 2.05) is 6.07 Å². The Bertz CT molecular complexity index is 718. The number of halogens is 3. The average Bonchev–Trinajstić information content (AvgIpc) is 2.58. The molecule has 7 heteroatoms. The fraction of sp³-hybridized carbons (Fsp3) is 0.278. The minimum absolute atomic E-state index is 0.0207. The maximum Gasteiger partial charge on any atom is 0.422 e. The van der Waals surface area contributed by atoms with E-state index in [1.54, 1.807) is 43.3 Å². The number of hydrogen-bond acceptors (Lipinski definition) is 3. The van der Waals surface area contributed by atoms with E-state index in [-0.39, 0.29) is 12.3 Å². The average molecular weight is 352 g/mol. The molecule has 0 bridgehead atoms. The third-order valence-corrected chi connectivity index (χ3v) is 3.51. The van der Waals surface area contributed by atoms with Crippen molar-refractivity contribution < 1.29 is 22.7 Å². The van der Waals surface area contributed by atoms with Crippen LogP contribution in [0.5, 0.6) is 5.75 Å². The fourth-order valence-electron chi connectivity index (χ4n) is 2.21. The lowest BCUT2D eigenvalue weighted by atomic mass is 10.1. The highest BCUT2D eigenvalue weighted by molar-refractivity contribution is 5.82. The van der Waals surface area contributed by atoms with Crippen LogP contribution in [0.4, 0.5) is 13.2 Å². The number of alkyl halides is 3. The van der Waals surface area contributed by atoms with Gasteiger partial charge in [0, 0.05) is 12.1 Å². The van der Waals surface area contributed by atoms with Crippen molar-refractivity contribution in [2.45, 2.75) is 25.7 Å². The van der Waals surface area contributed by atoms with E-state index in [4.69, 9.17) is 10.5 Å². The number of aryl methyl sites for hydroxylation is 1. The maximum atomic E-state index is 12.4. The van der Waals surface area contributed by atoms with Gasteiger partial charge in [-0.25, -0.2) is 0 Å². The molecule has 0 saturated heterocycles. The van der Waals surface area contributed by atoms with Gasteiger partial charge in [-0.05, 0) is 24.1 Å². The van der Waals surface area contributed by atoms with Crippen LogP contribution >= 0.6 is 0 Å². The zero-order valence-corrected chi connectivity index (χ0v) is 13.6. The molecule has 134 valence electrons. The van der Waals surface area contributed by atoms with Crippen LogP contribution in [0.1, 0.15) is 22.7 Å². The molecule has 2 aromatic carbocycles. The van der Waals surface area contributed by atoms with E-state index in [2.05, 4.69) is 5.32 Å². The second kappa shape index (κ2) is 8.02. The standard InChI is InChI=1S/C18H19F3N2O2/c1-12-7-8-14(15(9-12)25-11-18(19,20)21)10-23-17(24)16(22)13-5-3-2-4-6-13/h2-9,16H,10-11,22H2,1H3,(H,23,24). The molecule has 4 nitrogen and oxygen atoms in total. The van der Waals surface area contributed by atoms with Crippen LogP contribution in [0.3, 0.4) is 0 Å². The lowest BCUT2D eigenvalue weighted by Gasteiger charge is -2.16. The summed E-state index contributed by atoms with van der Waals surface area (Å²) >= 11 is 0. The fourth-order valence-corrected chi connectivity index (χ4v) is 2.21. The van der Waals surface area contributed by atoms with Gasteiger partial charge in [-0.1, -0.05) is 42.5 Å². The second-order valence-electron chi connectivity index (χ2n) is 5.62. The summed E-state index contributed by atoms with van der Waals surface area (Å²) in [5.74, 6) is -0.334. The highest BCUT2D eigenvalue weighted by Gasteiger charge is 2.29. The topological polar surface area (TPSA) is 64.4 Å². The van der Waals surface area contributed by atoms with Gasteiger partial charge < -0.3 is 15.8 Å². The van der Waals surface area contributed by atoms with Gasteiger partial charge in [-0.2, -0.15) is 13.2 Å². The molecule has 2 rings (SSSR count). The Kier molecular flexibility index (Phi) is 6.03. The molecule has 1 atom stereocenters. The zero-order chi connectivity index (χ0) is 18.4. The molecule has 1 unspecified atom stereocenters. The minimum Gasteiger partial charge on any atom is -0.484 e. The molecular weight excluding hydrogens is 333 g/mol. The number of nitrogens with two attached hydrogens (primary N) is 1. The number of hydrogen-bond donors (Lipinski definition) is 2. The molecule has 0 radical (unpaired) electrons. The number of carbonyl (C=O) groups is 1. The molecule has 3 N–H and O–H groups in total. The normalized spacial score (nSPS) is 12.5. The van der Waals surface area contributed by atoms with Crippen LogP contribution in [0.15, 0.2) is 48.5 Å². The molecule has 0 heterocycles. The first kappa shape index (κ1) is 18.8. The summed E-state index contributed by atoms with van der Waals surface area (Å²) in [4.78, 5) is 12.2. The Balaban J connectivity index is 2.03. The minimum atomic E-state index is -4.43. The van der Waals surface area contributed by atoms with E-state index in [1.165, 1.54) is 6.07 Å². The predicted octanol–water partition coefficient (Wildman–Crippen LogP) is 3.25. The summed E-state index contributed by atoms with van der Waals surface area (Å²) in [5, 5.41) is 2.63. The number of rotatable bonds is 6. The van der Waals surface area contributed by atoms with Crippen molar-refractivity contribution in [3.8, 4) is 5.75 Å². The highest BCUT2D eigenvalue weighted by atomic mass is 19.4. The van der Waals surface area contributed by atoms with Crippen LogP contribution in [0.2, 0.25) is 0 Å². The predicted molar refractivity (Wildman–Crippen MR) is 87.9 cm³/mol. The molecular formula is C18H19F3N2O2. The number of amides is 1. The van der Waals surface area contributed by atoms with E-state index < -0.39 is 24.7 Å². The monoisotopic (exact) mass is 352 g/mol. The first-order valence-corrected chi connectivity index (χ1v) is 7.63. The van der Waals surface area contributed by atoms with E-state index in [0.717, 1.165) is 5.56 Å². The van der Waals surface area contributed by atoms with Crippen LogP contribution in [-0.4, -0.2) is 18.7 Å². The molecule has 1 amide bonds. The molecule has 0 fully saturated rings. The van der Waals surface area contributed by atoms with Crippen LogP contribution in [-0.2, 0) is 11.3 Å². The molecule has 25 heavy (non-hydrogen) atoms. The lowest BCUT2D eigenvalue weighted by Crippen LogP contribution is -2.33. The maximum absolute atomic E-state index is 12.4. The number of benzene rings is 2. The van der Waals surface area contributed by atoms with Crippen molar-refractivity contribution in [3.63, 3.8) is 0 Å². The summed E-state index contributed by atoms with van der Waals surface area (Å²) in [6, 6.07) is 12.8. The molecule has 2 aromatic rings. The Labute approximate surface area is 143 Å². The first-order valence-electron chi connectivity index (χ1n) is 7.63. The van der Waals surface area contributed by atoms with Gasteiger partial charge in [0.15, 0.2) is 6.61 Å². The third-order valence-electron chi connectivity index (χ3n) is 3.51. The van der Waals surface area contributed by atoms with Gasteiger partial charge in [-0.15, -0.1) is 0 Å². The molecule has 0 aliphatic carbocycles. The van der Waals surface area contributed by atoms with Gasteiger partial charge in [0.25, 0.3) is 0 Å². The molecule has 0 spiro atoms. The number of nitrogens with one attached hydrogen (secondary N) is 1. The first-order chi connectivity index (χ1) is 11.8. The van der Waals surface area contributed by atoms with Crippen LogP contribution < -0.4 is 15.8 Å². The van der Waals surface area contributed by atoms with Crippen molar-refractivity contribution in [2.24, 2.45) is 5.73 Å². The zero-order valence-electron chi connectivity index (χ0n) is 13.6. The van der Waals surface area contributed by atoms with Gasteiger partial charge in [-0.3, -0.25) is 4.79 Å². The molecule has 0 aliphatic heterocycles. The van der Waals surface area contributed by atoms with Crippen molar-refractivity contribution in [1.29, 1.82) is 0 Å². The molecule has 0 aliphatic rings. The summed E-state index contributed by atoms with van der Waals surface area (Å²) in [6.45, 7) is 0.377. The van der Waals surface area contributed by atoms with Gasteiger partial charge in [0.1, 0.15) is 11.8 Å². The quantitative estimate of drug-likeness (QED) is 0.839.